The molecule has 1 saturated carbocycles. The standard InChI is InChI=1S/C27H27N7O2/c1-16(2)23-14-31-15-24(33-23)34-25(30-3)21(12-29)22-7-4-17(13-32-22)20-6-5-19(10-18(20)11-28)27(8-9-27)26(35)36/h4-7,10,12-16H,8-9,29H2,1-3H3,(H,35,36)(H,30,33,34). The summed E-state index contributed by atoms with van der Waals surface area (Å²) in [5.41, 5.74) is 9.58. The van der Waals surface area contributed by atoms with E-state index in [1.807, 2.05) is 19.9 Å². The second-order valence-corrected chi connectivity index (χ2v) is 8.95. The molecular weight excluding hydrogens is 454 g/mol. The monoisotopic (exact) mass is 481 g/mol. The molecule has 3 aromatic rings. The maximum atomic E-state index is 11.7. The van der Waals surface area contributed by atoms with Crippen molar-refractivity contribution in [2.75, 3.05) is 12.4 Å². The lowest BCUT2D eigenvalue weighted by Crippen LogP contribution is -2.19. The number of carboxylic acids is 1. The number of anilines is 1. The Bertz CT molecular complexity index is 1400. The van der Waals surface area contributed by atoms with Gasteiger partial charge in [0.25, 0.3) is 0 Å². The number of carboxylic acid groups (broad SMARTS) is 1. The van der Waals surface area contributed by atoms with Gasteiger partial charge in [0.15, 0.2) is 0 Å². The van der Waals surface area contributed by atoms with Crippen molar-refractivity contribution in [3.05, 3.63) is 77.6 Å². The molecule has 1 aliphatic rings. The van der Waals surface area contributed by atoms with Crippen molar-refractivity contribution in [1.82, 2.24) is 15.0 Å². The zero-order chi connectivity index (χ0) is 25.9. The Morgan fingerprint density at radius 2 is 2.03 bits per heavy atom. The van der Waals surface area contributed by atoms with Gasteiger partial charge in [0, 0.05) is 36.8 Å². The summed E-state index contributed by atoms with van der Waals surface area (Å²) < 4.78 is 0. The SMILES string of the molecule is CN=C(Nc1cncc(C(C)C)n1)C(=CN)c1ccc(-c2ccc(C3(C(=O)O)CC3)cc2C#N)cn1. The molecule has 2 aromatic heterocycles. The maximum absolute atomic E-state index is 11.7. The fourth-order valence-corrected chi connectivity index (χ4v) is 4.02. The number of amidine groups is 1. The number of nitrogens with two attached hydrogens (primary N) is 1. The maximum Gasteiger partial charge on any atom is 0.314 e. The van der Waals surface area contributed by atoms with Crippen LogP contribution in [0.15, 0.2) is 60.1 Å². The number of nitriles is 1. The number of carbonyl (C=O) groups is 1. The minimum absolute atomic E-state index is 0.228. The summed E-state index contributed by atoms with van der Waals surface area (Å²) in [7, 11) is 1.64. The van der Waals surface area contributed by atoms with Crippen molar-refractivity contribution in [1.29, 1.82) is 5.26 Å². The van der Waals surface area contributed by atoms with Gasteiger partial charge in [0.1, 0.15) is 11.7 Å². The fraction of sp³-hybridized carbons (Fsp3) is 0.259. The third kappa shape index (κ3) is 4.66. The average molecular weight is 482 g/mol. The van der Waals surface area contributed by atoms with Crippen LogP contribution in [0.4, 0.5) is 5.82 Å². The predicted octanol–water partition coefficient (Wildman–Crippen LogP) is 4.09. The van der Waals surface area contributed by atoms with E-state index in [1.54, 1.807) is 49.9 Å². The first kappa shape index (κ1) is 24.5. The molecule has 0 unspecified atom stereocenters. The molecule has 9 heteroatoms. The smallest absolute Gasteiger partial charge is 0.314 e. The fourth-order valence-electron chi connectivity index (χ4n) is 4.02. The molecule has 0 radical (unpaired) electrons. The normalized spacial score (nSPS) is 14.9. The number of hydrogen-bond donors (Lipinski definition) is 3. The number of nitrogens with one attached hydrogen (secondary N) is 1. The van der Waals surface area contributed by atoms with Crippen molar-refractivity contribution >= 4 is 23.2 Å². The molecule has 36 heavy (non-hydrogen) atoms. The molecule has 4 rings (SSSR count). The van der Waals surface area contributed by atoms with E-state index in [2.05, 4.69) is 31.3 Å². The molecule has 2 heterocycles. The van der Waals surface area contributed by atoms with Gasteiger partial charge in [-0.2, -0.15) is 5.26 Å². The third-order valence-electron chi connectivity index (χ3n) is 6.34. The van der Waals surface area contributed by atoms with E-state index in [0.717, 1.165) is 11.3 Å². The quantitative estimate of drug-likeness (QED) is 0.337. The van der Waals surface area contributed by atoms with Crippen molar-refractivity contribution in [3.63, 3.8) is 0 Å². The average Bonchev–Trinajstić information content (AvgIpc) is 3.71. The van der Waals surface area contributed by atoms with Gasteiger partial charge in [-0.1, -0.05) is 32.0 Å². The highest BCUT2D eigenvalue weighted by atomic mass is 16.4. The summed E-state index contributed by atoms with van der Waals surface area (Å²) in [5.74, 6) is 0.409. The molecule has 0 atom stereocenters. The third-order valence-corrected chi connectivity index (χ3v) is 6.34. The number of benzene rings is 1. The highest BCUT2D eigenvalue weighted by Gasteiger charge is 2.51. The second-order valence-electron chi connectivity index (χ2n) is 8.95. The van der Waals surface area contributed by atoms with E-state index in [4.69, 9.17) is 5.73 Å². The molecule has 1 fully saturated rings. The van der Waals surface area contributed by atoms with Crippen LogP contribution in [0.1, 0.15) is 55.1 Å². The molecule has 0 spiro atoms. The molecule has 0 bridgehead atoms. The minimum atomic E-state index is -0.866. The number of pyridine rings is 1. The zero-order valence-corrected chi connectivity index (χ0v) is 20.4. The van der Waals surface area contributed by atoms with Crippen molar-refractivity contribution in [2.45, 2.75) is 38.0 Å². The van der Waals surface area contributed by atoms with Crippen molar-refractivity contribution in [3.8, 4) is 17.2 Å². The van der Waals surface area contributed by atoms with Gasteiger partial charge in [-0.3, -0.25) is 19.8 Å². The van der Waals surface area contributed by atoms with E-state index in [-0.39, 0.29) is 5.92 Å². The highest BCUT2D eigenvalue weighted by molar-refractivity contribution is 6.27. The van der Waals surface area contributed by atoms with Gasteiger partial charge in [0.2, 0.25) is 0 Å². The van der Waals surface area contributed by atoms with Crippen molar-refractivity contribution < 1.29 is 9.90 Å². The molecular formula is C27H27N7O2. The summed E-state index contributed by atoms with van der Waals surface area (Å²) in [5, 5.41) is 22.5. The number of aliphatic carboxylic acids is 1. The topological polar surface area (TPSA) is 150 Å². The van der Waals surface area contributed by atoms with Crippen molar-refractivity contribution in [2.24, 2.45) is 10.7 Å². The van der Waals surface area contributed by atoms with Crippen LogP contribution < -0.4 is 11.1 Å². The lowest BCUT2D eigenvalue weighted by molar-refractivity contribution is -0.140. The summed E-state index contributed by atoms with van der Waals surface area (Å²) in [6.45, 7) is 4.08. The van der Waals surface area contributed by atoms with Crippen LogP contribution in [0.2, 0.25) is 0 Å². The largest absolute Gasteiger partial charge is 0.481 e. The van der Waals surface area contributed by atoms with Crippen LogP contribution in [0.5, 0.6) is 0 Å². The Labute approximate surface area is 209 Å². The number of nitrogens with zero attached hydrogens (tertiary/aromatic N) is 5. The Hall–Kier alpha value is -4.58. The first-order valence-corrected chi connectivity index (χ1v) is 11.6. The number of rotatable bonds is 7. The van der Waals surface area contributed by atoms with E-state index >= 15 is 0 Å². The minimum Gasteiger partial charge on any atom is -0.481 e. The van der Waals surface area contributed by atoms with Crippen LogP contribution in [0.3, 0.4) is 0 Å². The first-order chi connectivity index (χ1) is 17.3. The van der Waals surface area contributed by atoms with Crippen LogP contribution >= 0.6 is 0 Å². The van der Waals surface area contributed by atoms with Gasteiger partial charge in [0.05, 0.1) is 40.2 Å². The molecule has 0 aliphatic heterocycles. The van der Waals surface area contributed by atoms with Crippen LogP contribution in [0, 0.1) is 11.3 Å². The summed E-state index contributed by atoms with van der Waals surface area (Å²) >= 11 is 0. The predicted molar refractivity (Wildman–Crippen MR) is 138 cm³/mol. The summed E-state index contributed by atoms with van der Waals surface area (Å²) in [6.07, 6.45) is 7.59. The Morgan fingerprint density at radius 3 is 2.58 bits per heavy atom. The Balaban J connectivity index is 1.59. The molecule has 0 saturated heterocycles. The molecule has 1 aliphatic carbocycles. The highest BCUT2D eigenvalue weighted by Crippen LogP contribution is 2.49. The lowest BCUT2D eigenvalue weighted by atomic mass is 9.91. The zero-order valence-electron chi connectivity index (χ0n) is 20.4. The van der Waals surface area contributed by atoms with Gasteiger partial charge in [-0.05, 0) is 36.5 Å². The van der Waals surface area contributed by atoms with Crippen LogP contribution in [-0.4, -0.2) is 38.9 Å². The Morgan fingerprint density at radius 1 is 1.25 bits per heavy atom. The molecule has 9 nitrogen and oxygen atoms in total. The first-order valence-electron chi connectivity index (χ1n) is 11.6. The van der Waals surface area contributed by atoms with E-state index in [9.17, 15) is 15.2 Å². The van der Waals surface area contributed by atoms with Gasteiger partial charge in [-0.25, -0.2) is 4.98 Å². The number of aliphatic imine (C=N–C) groups is 1. The summed E-state index contributed by atoms with van der Waals surface area (Å²) in [6, 6.07) is 11.1. The second kappa shape index (κ2) is 9.96. The van der Waals surface area contributed by atoms with Gasteiger partial charge in [-0.15, -0.1) is 0 Å². The lowest BCUT2D eigenvalue weighted by Gasteiger charge is -2.14. The Kier molecular flexibility index (Phi) is 6.79. The molecule has 4 N–H and O–H groups in total. The molecule has 182 valence electrons. The summed E-state index contributed by atoms with van der Waals surface area (Å²) in [4.78, 5) is 29.4. The van der Waals surface area contributed by atoms with E-state index < -0.39 is 11.4 Å². The molecule has 1 aromatic carbocycles. The van der Waals surface area contributed by atoms with E-state index in [0.29, 0.717) is 52.5 Å². The van der Waals surface area contributed by atoms with Gasteiger partial charge >= 0.3 is 5.97 Å². The van der Waals surface area contributed by atoms with Crippen LogP contribution in [-0.2, 0) is 10.2 Å². The van der Waals surface area contributed by atoms with Crippen LogP contribution in [0.25, 0.3) is 16.7 Å². The van der Waals surface area contributed by atoms with E-state index in [1.165, 1.54) is 6.20 Å². The number of hydrogen-bond acceptors (Lipinski definition) is 7. The number of aromatic nitrogens is 3. The molecule has 0 amide bonds. The van der Waals surface area contributed by atoms with Gasteiger partial charge < -0.3 is 16.2 Å².